The molecule has 2 aromatic rings. The van der Waals surface area contributed by atoms with Gasteiger partial charge in [0.15, 0.2) is 5.82 Å². The first kappa shape index (κ1) is 16.0. The minimum Gasteiger partial charge on any atom is -0.481 e. The van der Waals surface area contributed by atoms with Gasteiger partial charge in [0, 0.05) is 14.1 Å². The fourth-order valence-corrected chi connectivity index (χ4v) is 3.39. The van der Waals surface area contributed by atoms with Crippen LogP contribution in [0.25, 0.3) is 11.4 Å². The lowest BCUT2D eigenvalue weighted by Crippen LogP contribution is -2.07. The summed E-state index contributed by atoms with van der Waals surface area (Å²) in [6.07, 6.45) is 0. The number of methoxy groups -OCH3 is 1. The summed E-state index contributed by atoms with van der Waals surface area (Å²) < 4.78 is 8.21. The minimum absolute atomic E-state index is 0.314. The second-order valence-corrected chi connectivity index (χ2v) is 6.17. The van der Waals surface area contributed by atoms with Crippen molar-refractivity contribution < 1.29 is 4.74 Å². The van der Waals surface area contributed by atoms with Crippen LogP contribution in [0.15, 0.2) is 0 Å². The average molecular weight is 401 g/mol. The first-order chi connectivity index (χ1) is 9.90. The van der Waals surface area contributed by atoms with E-state index in [0.717, 1.165) is 26.3 Å². The standard InChI is InChI=1S/C14H20IN5O/c1-7(2)11-10(15)13(16-4)18-12(17-11)9-8(3)19-20(5)14(9)21-6/h7H,1-6H3,(H,16,17,18). The molecule has 0 amide bonds. The zero-order valence-corrected chi connectivity index (χ0v) is 15.3. The summed E-state index contributed by atoms with van der Waals surface area (Å²) >= 11 is 2.28. The van der Waals surface area contributed by atoms with Gasteiger partial charge in [-0.25, -0.2) is 14.6 Å². The molecule has 0 aliphatic carbocycles. The molecular weight excluding hydrogens is 381 g/mol. The highest BCUT2D eigenvalue weighted by molar-refractivity contribution is 14.1. The molecule has 0 aromatic carbocycles. The molecule has 0 fully saturated rings. The Hall–Kier alpha value is -1.38. The van der Waals surface area contributed by atoms with Crippen molar-refractivity contribution in [3.05, 3.63) is 15.0 Å². The molecule has 0 saturated carbocycles. The normalized spacial score (nSPS) is 11.0. The van der Waals surface area contributed by atoms with E-state index in [0.29, 0.717) is 17.6 Å². The lowest BCUT2D eigenvalue weighted by molar-refractivity contribution is 0.374. The number of halogens is 1. The molecule has 6 nitrogen and oxygen atoms in total. The van der Waals surface area contributed by atoms with E-state index in [1.807, 2.05) is 21.0 Å². The highest BCUT2D eigenvalue weighted by Gasteiger charge is 2.22. The molecule has 2 heterocycles. The quantitative estimate of drug-likeness (QED) is 0.799. The first-order valence-electron chi connectivity index (χ1n) is 6.73. The number of aromatic nitrogens is 4. The lowest BCUT2D eigenvalue weighted by Gasteiger charge is -2.13. The number of anilines is 1. The first-order valence-corrected chi connectivity index (χ1v) is 7.81. The van der Waals surface area contributed by atoms with E-state index in [-0.39, 0.29) is 0 Å². The van der Waals surface area contributed by atoms with E-state index in [1.54, 1.807) is 11.8 Å². The number of aryl methyl sites for hydroxylation is 2. The maximum Gasteiger partial charge on any atom is 0.222 e. The smallest absolute Gasteiger partial charge is 0.222 e. The van der Waals surface area contributed by atoms with E-state index in [1.165, 1.54) is 0 Å². The van der Waals surface area contributed by atoms with E-state index < -0.39 is 0 Å². The summed E-state index contributed by atoms with van der Waals surface area (Å²) in [5.41, 5.74) is 2.72. The van der Waals surface area contributed by atoms with E-state index >= 15 is 0 Å². The third-order valence-corrected chi connectivity index (χ3v) is 4.31. The molecule has 7 heteroatoms. The second-order valence-electron chi connectivity index (χ2n) is 5.09. The monoisotopic (exact) mass is 401 g/mol. The van der Waals surface area contributed by atoms with Gasteiger partial charge in [0.2, 0.25) is 5.88 Å². The second kappa shape index (κ2) is 6.17. The Kier molecular flexibility index (Phi) is 4.70. The number of nitrogens with zero attached hydrogens (tertiary/aromatic N) is 4. The van der Waals surface area contributed by atoms with E-state index in [9.17, 15) is 0 Å². The Bertz CT molecular complexity index is 666. The summed E-state index contributed by atoms with van der Waals surface area (Å²) in [4.78, 5) is 9.37. The molecule has 0 aliphatic rings. The number of rotatable bonds is 4. The summed E-state index contributed by atoms with van der Waals surface area (Å²) in [6.45, 7) is 6.19. The van der Waals surface area contributed by atoms with Gasteiger partial charge in [-0.05, 0) is 35.4 Å². The summed E-state index contributed by atoms with van der Waals surface area (Å²) in [5.74, 6) is 2.46. The molecule has 0 unspecified atom stereocenters. The van der Waals surface area contributed by atoms with Crippen molar-refractivity contribution in [1.82, 2.24) is 19.7 Å². The third kappa shape index (κ3) is 2.83. The largest absolute Gasteiger partial charge is 0.481 e. The van der Waals surface area contributed by atoms with Crippen LogP contribution >= 0.6 is 22.6 Å². The average Bonchev–Trinajstić information content (AvgIpc) is 2.72. The molecule has 21 heavy (non-hydrogen) atoms. The fourth-order valence-electron chi connectivity index (χ4n) is 2.25. The third-order valence-electron chi connectivity index (χ3n) is 3.25. The Morgan fingerprint density at radius 1 is 1.29 bits per heavy atom. The highest BCUT2D eigenvalue weighted by atomic mass is 127. The predicted octanol–water partition coefficient (Wildman–Crippen LogP) is 2.96. The predicted molar refractivity (Wildman–Crippen MR) is 91.9 cm³/mol. The molecule has 0 saturated heterocycles. The van der Waals surface area contributed by atoms with Gasteiger partial charge in [-0.15, -0.1) is 0 Å². The molecule has 0 radical (unpaired) electrons. The molecule has 2 rings (SSSR count). The Morgan fingerprint density at radius 2 is 1.95 bits per heavy atom. The minimum atomic E-state index is 0.314. The van der Waals surface area contributed by atoms with Crippen LogP contribution in [0.4, 0.5) is 5.82 Å². The fraction of sp³-hybridized carbons (Fsp3) is 0.500. The van der Waals surface area contributed by atoms with Crippen molar-refractivity contribution in [2.75, 3.05) is 19.5 Å². The molecule has 0 atom stereocenters. The van der Waals surface area contributed by atoms with E-state index in [2.05, 4.69) is 51.8 Å². The Morgan fingerprint density at radius 3 is 2.48 bits per heavy atom. The molecule has 2 aromatic heterocycles. The molecular formula is C14H20IN5O. The van der Waals surface area contributed by atoms with Crippen molar-refractivity contribution in [2.24, 2.45) is 7.05 Å². The van der Waals surface area contributed by atoms with Crippen LogP contribution in [0.3, 0.4) is 0 Å². The van der Waals surface area contributed by atoms with Crippen LogP contribution in [0.5, 0.6) is 5.88 Å². The van der Waals surface area contributed by atoms with Crippen LogP contribution in [-0.4, -0.2) is 33.9 Å². The number of hydrogen-bond acceptors (Lipinski definition) is 5. The van der Waals surface area contributed by atoms with Gasteiger partial charge in [-0.3, -0.25) is 0 Å². The maximum atomic E-state index is 5.45. The van der Waals surface area contributed by atoms with Crippen LogP contribution < -0.4 is 10.1 Å². The zero-order valence-electron chi connectivity index (χ0n) is 13.2. The van der Waals surface area contributed by atoms with Gasteiger partial charge < -0.3 is 10.1 Å². The number of ether oxygens (including phenoxy) is 1. The van der Waals surface area contributed by atoms with Gasteiger partial charge in [0.05, 0.1) is 22.1 Å². The van der Waals surface area contributed by atoms with Gasteiger partial charge in [-0.1, -0.05) is 13.8 Å². The van der Waals surface area contributed by atoms with Gasteiger partial charge in [0.1, 0.15) is 11.4 Å². The number of nitrogens with one attached hydrogen (secondary N) is 1. The number of hydrogen-bond donors (Lipinski definition) is 1. The maximum absolute atomic E-state index is 5.45. The summed E-state index contributed by atoms with van der Waals surface area (Å²) in [5, 5.41) is 7.54. The lowest BCUT2D eigenvalue weighted by atomic mass is 10.1. The van der Waals surface area contributed by atoms with Crippen LogP contribution in [0.2, 0.25) is 0 Å². The molecule has 0 bridgehead atoms. The molecule has 1 N–H and O–H groups in total. The van der Waals surface area contributed by atoms with Crippen molar-refractivity contribution >= 4 is 28.4 Å². The van der Waals surface area contributed by atoms with Crippen LogP contribution in [0.1, 0.15) is 31.2 Å². The van der Waals surface area contributed by atoms with Crippen molar-refractivity contribution in [2.45, 2.75) is 26.7 Å². The van der Waals surface area contributed by atoms with Gasteiger partial charge in [-0.2, -0.15) is 5.10 Å². The van der Waals surface area contributed by atoms with Gasteiger partial charge >= 0.3 is 0 Å². The molecule has 0 aliphatic heterocycles. The highest BCUT2D eigenvalue weighted by Crippen LogP contribution is 2.34. The summed E-state index contributed by atoms with van der Waals surface area (Å²) in [6, 6.07) is 0. The Labute approximate surface area is 138 Å². The van der Waals surface area contributed by atoms with Gasteiger partial charge in [0.25, 0.3) is 0 Å². The van der Waals surface area contributed by atoms with Crippen molar-refractivity contribution in [3.8, 4) is 17.3 Å². The Balaban J connectivity index is 2.73. The van der Waals surface area contributed by atoms with E-state index in [4.69, 9.17) is 9.72 Å². The van der Waals surface area contributed by atoms with Crippen LogP contribution in [0, 0.1) is 10.5 Å². The van der Waals surface area contributed by atoms with Crippen LogP contribution in [-0.2, 0) is 7.05 Å². The van der Waals surface area contributed by atoms with Crippen molar-refractivity contribution in [3.63, 3.8) is 0 Å². The topological polar surface area (TPSA) is 64.9 Å². The zero-order chi connectivity index (χ0) is 15.7. The summed E-state index contributed by atoms with van der Waals surface area (Å²) in [7, 11) is 5.35. The molecule has 0 spiro atoms. The molecule has 114 valence electrons. The SMILES string of the molecule is CNc1nc(-c2c(C)nn(C)c2OC)nc(C(C)C)c1I. The van der Waals surface area contributed by atoms with Crippen molar-refractivity contribution in [1.29, 1.82) is 0 Å².